The molecule has 3 aromatic rings. The molecule has 0 saturated heterocycles. The summed E-state index contributed by atoms with van der Waals surface area (Å²) in [6.07, 6.45) is 2.10. The molecule has 0 fully saturated rings. The molecule has 29 heavy (non-hydrogen) atoms. The lowest BCUT2D eigenvalue weighted by molar-refractivity contribution is -0.686. The lowest BCUT2D eigenvalue weighted by Crippen LogP contribution is -2.39. The van der Waals surface area contributed by atoms with Crippen molar-refractivity contribution in [3.63, 3.8) is 0 Å². The van der Waals surface area contributed by atoms with Crippen LogP contribution in [0.15, 0.2) is 36.5 Å². The average molecular weight is 396 g/mol. The third kappa shape index (κ3) is 3.17. The fourth-order valence-corrected chi connectivity index (χ4v) is 3.75. The predicted molar refractivity (Wildman–Crippen MR) is 105 cm³/mol. The molecule has 0 N–H and O–H groups in total. The number of benzene rings is 2. The number of hydrogen-bond acceptors (Lipinski definition) is 6. The molecule has 3 heterocycles. The van der Waals surface area contributed by atoms with Gasteiger partial charge in [-0.25, -0.2) is 0 Å². The highest BCUT2D eigenvalue weighted by Gasteiger charge is 2.26. The maximum Gasteiger partial charge on any atom is 0.231 e. The molecule has 150 valence electrons. The van der Waals surface area contributed by atoms with E-state index in [0.717, 1.165) is 33.5 Å². The van der Waals surface area contributed by atoms with Crippen LogP contribution in [0, 0.1) is 0 Å². The molecule has 7 heteroatoms. The van der Waals surface area contributed by atoms with Gasteiger partial charge in [-0.1, -0.05) is 0 Å². The average Bonchev–Trinajstić information content (AvgIpc) is 3.21. The van der Waals surface area contributed by atoms with Crippen LogP contribution in [0.5, 0.6) is 28.7 Å². The Morgan fingerprint density at radius 1 is 0.759 bits per heavy atom. The number of hydrogen-bond donors (Lipinski definition) is 0. The molecule has 0 radical (unpaired) electrons. The maximum atomic E-state index is 6.02. The minimum absolute atomic E-state index is 0.218. The Kier molecular flexibility index (Phi) is 4.52. The Balaban J connectivity index is 1.75. The van der Waals surface area contributed by atoms with E-state index in [-0.39, 0.29) is 6.79 Å². The van der Waals surface area contributed by atoms with E-state index < -0.39 is 0 Å². The molecule has 0 aliphatic carbocycles. The van der Waals surface area contributed by atoms with Crippen molar-refractivity contribution in [2.45, 2.75) is 6.54 Å². The molecular weight excluding hydrogens is 374 g/mol. The Labute approximate surface area is 168 Å². The van der Waals surface area contributed by atoms with E-state index in [1.807, 2.05) is 24.3 Å². The molecule has 0 spiro atoms. The maximum absolute atomic E-state index is 6.02. The van der Waals surface area contributed by atoms with Crippen molar-refractivity contribution >= 4 is 10.8 Å². The molecule has 7 nitrogen and oxygen atoms in total. The van der Waals surface area contributed by atoms with Crippen molar-refractivity contribution in [2.75, 3.05) is 40.8 Å². The largest absolute Gasteiger partial charge is 0.493 e. The van der Waals surface area contributed by atoms with E-state index in [4.69, 9.17) is 28.4 Å². The van der Waals surface area contributed by atoms with Gasteiger partial charge in [-0.3, -0.25) is 0 Å². The van der Waals surface area contributed by atoms with Gasteiger partial charge in [0.2, 0.25) is 12.5 Å². The van der Waals surface area contributed by atoms with Gasteiger partial charge in [0, 0.05) is 23.6 Å². The van der Waals surface area contributed by atoms with Gasteiger partial charge in [0.25, 0.3) is 0 Å². The minimum Gasteiger partial charge on any atom is -0.493 e. The highest BCUT2D eigenvalue weighted by atomic mass is 16.7. The lowest BCUT2D eigenvalue weighted by atomic mass is 10.0. The topological polar surface area (TPSA) is 59.3 Å². The monoisotopic (exact) mass is 396 g/mol. The van der Waals surface area contributed by atoms with Gasteiger partial charge in [-0.15, -0.1) is 0 Å². The quantitative estimate of drug-likeness (QED) is 0.621. The second-order valence-electron chi connectivity index (χ2n) is 6.85. The fraction of sp³-hybridized carbons (Fsp3) is 0.318. The second-order valence-corrected chi connectivity index (χ2v) is 6.85. The summed E-state index contributed by atoms with van der Waals surface area (Å²) in [6, 6.07) is 9.97. The van der Waals surface area contributed by atoms with Gasteiger partial charge in [-0.05, 0) is 17.5 Å². The van der Waals surface area contributed by atoms with Crippen LogP contribution in [0.2, 0.25) is 0 Å². The zero-order chi connectivity index (χ0) is 19.8. The summed E-state index contributed by atoms with van der Waals surface area (Å²) in [4.78, 5) is 0. The van der Waals surface area contributed by atoms with Crippen molar-refractivity contribution in [3.05, 3.63) is 36.5 Å². The molecule has 5 rings (SSSR count). The number of pyridine rings is 1. The molecule has 2 aromatic carbocycles. The van der Waals surface area contributed by atoms with E-state index in [0.29, 0.717) is 43.6 Å². The van der Waals surface area contributed by atoms with E-state index in [9.17, 15) is 0 Å². The summed E-state index contributed by atoms with van der Waals surface area (Å²) in [7, 11) is 3.28. The summed E-state index contributed by atoms with van der Waals surface area (Å²) in [6.45, 7) is 2.54. The number of fused-ring (bicyclic) bond motifs is 5. The fourth-order valence-electron chi connectivity index (χ4n) is 3.75. The van der Waals surface area contributed by atoms with Gasteiger partial charge >= 0.3 is 0 Å². The first-order valence-electron chi connectivity index (χ1n) is 9.50. The molecule has 0 amide bonds. The van der Waals surface area contributed by atoms with Gasteiger partial charge in [0.15, 0.2) is 35.7 Å². The number of methoxy groups -OCH3 is 2. The normalized spacial score (nSPS) is 15.2. The standard InChI is InChI=1S/C22H22NO6/c1-24-19-8-14-7-17-16-10-21-22(29-13-28-21)11-18(16)27-6-5-26-4-3-23(17)12-15(14)9-20(19)25-2/h7-12H,3-6,13H2,1-2H3/q+1. The first kappa shape index (κ1) is 17.9. The van der Waals surface area contributed by atoms with Crippen LogP contribution in [0.25, 0.3) is 22.0 Å². The number of aromatic nitrogens is 1. The zero-order valence-corrected chi connectivity index (χ0v) is 16.4. The van der Waals surface area contributed by atoms with Crippen LogP contribution in [0.4, 0.5) is 0 Å². The molecule has 1 aromatic heterocycles. The Bertz CT molecular complexity index is 1080. The van der Waals surface area contributed by atoms with Crippen LogP contribution in [-0.4, -0.2) is 40.8 Å². The number of rotatable bonds is 2. The molecule has 2 aliphatic heterocycles. The summed E-state index contributed by atoms with van der Waals surface area (Å²) < 4.78 is 36.0. The Morgan fingerprint density at radius 2 is 1.52 bits per heavy atom. The first-order chi connectivity index (χ1) is 14.3. The molecule has 0 saturated carbocycles. The SMILES string of the molecule is COc1cc2cc3[n+](cc2cc1OC)CCOCCOc1cc2c(cc1-3)OCO2. The van der Waals surface area contributed by atoms with Crippen LogP contribution < -0.4 is 28.3 Å². The summed E-state index contributed by atoms with van der Waals surface area (Å²) in [5.74, 6) is 3.55. The molecular formula is C22H22NO6+. The van der Waals surface area contributed by atoms with Gasteiger partial charge in [-0.2, -0.15) is 4.57 Å². The minimum atomic E-state index is 0.218. The van der Waals surface area contributed by atoms with Crippen LogP contribution in [0.3, 0.4) is 0 Å². The van der Waals surface area contributed by atoms with Gasteiger partial charge in [0.1, 0.15) is 19.0 Å². The van der Waals surface area contributed by atoms with E-state index in [1.54, 1.807) is 14.2 Å². The van der Waals surface area contributed by atoms with Crippen LogP contribution in [-0.2, 0) is 11.3 Å². The zero-order valence-electron chi connectivity index (χ0n) is 16.4. The van der Waals surface area contributed by atoms with Gasteiger partial charge in [0.05, 0.1) is 26.4 Å². The third-order valence-electron chi connectivity index (χ3n) is 5.20. The second kappa shape index (κ2) is 7.33. The Hall–Kier alpha value is -3.19. The summed E-state index contributed by atoms with van der Waals surface area (Å²) >= 11 is 0. The van der Waals surface area contributed by atoms with Crippen molar-refractivity contribution in [1.29, 1.82) is 0 Å². The third-order valence-corrected chi connectivity index (χ3v) is 5.20. The van der Waals surface area contributed by atoms with E-state index in [1.165, 1.54) is 0 Å². The van der Waals surface area contributed by atoms with Crippen molar-refractivity contribution in [3.8, 4) is 40.0 Å². The Morgan fingerprint density at radius 3 is 2.31 bits per heavy atom. The number of ether oxygens (including phenoxy) is 6. The number of nitrogens with zero attached hydrogens (tertiary/aromatic N) is 1. The molecule has 0 bridgehead atoms. The summed E-state index contributed by atoms with van der Waals surface area (Å²) in [5, 5.41) is 2.09. The van der Waals surface area contributed by atoms with E-state index in [2.05, 4.69) is 16.8 Å². The summed E-state index contributed by atoms with van der Waals surface area (Å²) in [5.41, 5.74) is 1.95. The highest BCUT2D eigenvalue weighted by Crippen LogP contribution is 2.42. The van der Waals surface area contributed by atoms with E-state index >= 15 is 0 Å². The van der Waals surface area contributed by atoms with Crippen molar-refractivity contribution < 1.29 is 33.0 Å². The van der Waals surface area contributed by atoms with Crippen LogP contribution in [0.1, 0.15) is 0 Å². The molecule has 0 atom stereocenters. The van der Waals surface area contributed by atoms with Gasteiger partial charge < -0.3 is 28.4 Å². The van der Waals surface area contributed by atoms with Crippen molar-refractivity contribution in [1.82, 2.24) is 0 Å². The highest BCUT2D eigenvalue weighted by molar-refractivity contribution is 5.88. The molecule has 2 aliphatic rings. The first-order valence-corrected chi connectivity index (χ1v) is 9.50. The molecule has 0 unspecified atom stereocenters. The lowest BCUT2D eigenvalue weighted by Gasteiger charge is -2.16. The van der Waals surface area contributed by atoms with Crippen molar-refractivity contribution in [2.24, 2.45) is 0 Å². The van der Waals surface area contributed by atoms with Crippen LogP contribution >= 0.6 is 0 Å². The smallest absolute Gasteiger partial charge is 0.231 e. The predicted octanol–water partition coefficient (Wildman–Crippen LogP) is 2.95.